The van der Waals surface area contributed by atoms with Crippen molar-refractivity contribution in [1.29, 1.82) is 5.26 Å². The molecule has 6 heteroatoms. The number of hydrogen-bond acceptors (Lipinski definition) is 3. The van der Waals surface area contributed by atoms with Crippen LogP contribution in [0.3, 0.4) is 0 Å². The molecular formula is C14H9BrFIN2O. The lowest BCUT2D eigenvalue weighted by atomic mass is 10.2. The highest BCUT2D eigenvalue weighted by Crippen LogP contribution is 2.30. The standard InChI is InChI=1S/C14H9BrFIN2O/c15-10-1-9(2-11(16)5-10)7-20-14-12(17)3-8(6-18)4-13(14)19/h1-5H,7,19H2. The number of nitrogen functional groups attached to an aromatic ring is 1. The minimum Gasteiger partial charge on any atom is -0.486 e. The van der Waals surface area contributed by atoms with Crippen molar-refractivity contribution in [2.45, 2.75) is 6.61 Å². The Morgan fingerprint density at radius 3 is 2.65 bits per heavy atom. The fraction of sp³-hybridized carbons (Fsp3) is 0.0714. The van der Waals surface area contributed by atoms with Gasteiger partial charge in [-0.15, -0.1) is 0 Å². The van der Waals surface area contributed by atoms with Crippen LogP contribution < -0.4 is 10.5 Å². The van der Waals surface area contributed by atoms with Crippen LogP contribution in [0.1, 0.15) is 11.1 Å². The summed E-state index contributed by atoms with van der Waals surface area (Å²) in [7, 11) is 0. The number of anilines is 1. The molecule has 2 aromatic rings. The summed E-state index contributed by atoms with van der Waals surface area (Å²) in [4.78, 5) is 0. The van der Waals surface area contributed by atoms with E-state index < -0.39 is 0 Å². The summed E-state index contributed by atoms with van der Waals surface area (Å²) in [5.41, 5.74) is 7.42. The van der Waals surface area contributed by atoms with Gasteiger partial charge in [0.15, 0.2) is 5.75 Å². The van der Waals surface area contributed by atoms with E-state index in [-0.39, 0.29) is 12.4 Å². The van der Waals surface area contributed by atoms with Crippen molar-refractivity contribution in [1.82, 2.24) is 0 Å². The van der Waals surface area contributed by atoms with Gasteiger partial charge in [0, 0.05) is 4.47 Å². The van der Waals surface area contributed by atoms with Crippen LogP contribution in [0.25, 0.3) is 0 Å². The first-order valence-corrected chi connectivity index (χ1v) is 7.43. The van der Waals surface area contributed by atoms with E-state index in [1.807, 2.05) is 6.07 Å². The van der Waals surface area contributed by atoms with Gasteiger partial charge < -0.3 is 10.5 Å². The zero-order valence-corrected chi connectivity index (χ0v) is 13.9. The number of hydrogen-bond donors (Lipinski definition) is 1. The highest BCUT2D eigenvalue weighted by atomic mass is 127. The highest BCUT2D eigenvalue weighted by molar-refractivity contribution is 14.1. The predicted octanol–water partition coefficient (Wildman–Crippen LogP) is 4.23. The Morgan fingerprint density at radius 1 is 1.30 bits per heavy atom. The quantitative estimate of drug-likeness (QED) is 0.567. The normalized spacial score (nSPS) is 10.1. The third-order valence-corrected chi connectivity index (χ3v) is 3.77. The maximum absolute atomic E-state index is 13.3. The van der Waals surface area contributed by atoms with Crippen LogP contribution in [-0.4, -0.2) is 0 Å². The average molecular weight is 447 g/mol. The van der Waals surface area contributed by atoms with E-state index in [0.717, 1.165) is 3.57 Å². The second-order valence-corrected chi connectivity index (χ2v) is 6.13. The highest BCUT2D eigenvalue weighted by Gasteiger charge is 2.09. The molecule has 0 aliphatic carbocycles. The largest absolute Gasteiger partial charge is 0.486 e. The lowest BCUT2D eigenvalue weighted by Gasteiger charge is -2.11. The zero-order chi connectivity index (χ0) is 14.7. The molecule has 0 atom stereocenters. The van der Waals surface area contributed by atoms with Gasteiger partial charge in [-0.25, -0.2) is 4.39 Å². The van der Waals surface area contributed by atoms with Crippen molar-refractivity contribution < 1.29 is 9.13 Å². The summed E-state index contributed by atoms with van der Waals surface area (Å²) in [5.74, 6) is 0.172. The molecule has 0 amide bonds. The van der Waals surface area contributed by atoms with E-state index in [4.69, 9.17) is 15.7 Å². The molecular weight excluding hydrogens is 438 g/mol. The average Bonchev–Trinajstić information content (AvgIpc) is 2.36. The van der Waals surface area contributed by atoms with Crippen molar-refractivity contribution in [3.8, 4) is 11.8 Å². The third kappa shape index (κ3) is 3.61. The Balaban J connectivity index is 2.21. The number of nitrogens with two attached hydrogens (primary N) is 1. The van der Waals surface area contributed by atoms with Gasteiger partial charge in [-0.05, 0) is 58.5 Å². The molecule has 0 saturated heterocycles. The van der Waals surface area contributed by atoms with Gasteiger partial charge in [-0.1, -0.05) is 15.9 Å². The van der Waals surface area contributed by atoms with Gasteiger partial charge in [-0.2, -0.15) is 5.26 Å². The molecule has 102 valence electrons. The van der Waals surface area contributed by atoms with Gasteiger partial charge in [0.2, 0.25) is 0 Å². The number of benzene rings is 2. The van der Waals surface area contributed by atoms with Gasteiger partial charge >= 0.3 is 0 Å². The third-order valence-electron chi connectivity index (χ3n) is 2.51. The molecule has 0 aromatic heterocycles. The van der Waals surface area contributed by atoms with Gasteiger partial charge in [0.1, 0.15) is 12.4 Å². The van der Waals surface area contributed by atoms with E-state index in [1.54, 1.807) is 18.2 Å². The monoisotopic (exact) mass is 446 g/mol. The Morgan fingerprint density at radius 2 is 2.05 bits per heavy atom. The first kappa shape index (κ1) is 15.1. The first-order chi connectivity index (χ1) is 9.49. The van der Waals surface area contributed by atoms with Gasteiger partial charge in [0.05, 0.1) is 20.9 Å². The van der Waals surface area contributed by atoms with E-state index in [0.29, 0.717) is 27.0 Å². The maximum atomic E-state index is 13.3. The number of halogens is 3. The predicted molar refractivity (Wildman–Crippen MR) is 86.7 cm³/mol. The van der Waals surface area contributed by atoms with E-state index in [1.165, 1.54) is 12.1 Å². The minimum atomic E-state index is -0.333. The molecule has 0 unspecified atom stereocenters. The molecule has 0 bridgehead atoms. The molecule has 0 heterocycles. The van der Waals surface area contributed by atoms with Crippen LogP contribution in [0.15, 0.2) is 34.8 Å². The van der Waals surface area contributed by atoms with Crippen LogP contribution >= 0.6 is 38.5 Å². The number of nitriles is 1. The molecule has 20 heavy (non-hydrogen) atoms. The van der Waals surface area contributed by atoms with Crippen molar-refractivity contribution in [2.75, 3.05) is 5.73 Å². The summed E-state index contributed by atoms with van der Waals surface area (Å²) in [6, 6.07) is 9.82. The summed E-state index contributed by atoms with van der Waals surface area (Å²) in [6.45, 7) is 0.197. The van der Waals surface area contributed by atoms with Crippen LogP contribution in [-0.2, 0) is 6.61 Å². The Hall–Kier alpha value is -1.33. The SMILES string of the molecule is N#Cc1cc(N)c(OCc2cc(F)cc(Br)c2)c(I)c1. The lowest BCUT2D eigenvalue weighted by Crippen LogP contribution is -2.02. The summed E-state index contributed by atoms with van der Waals surface area (Å²) < 4.78 is 20.3. The lowest BCUT2D eigenvalue weighted by molar-refractivity contribution is 0.305. The zero-order valence-electron chi connectivity index (χ0n) is 10.2. The molecule has 0 radical (unpaired) electrons. The molecule has 0 aliphatic heterocycles. The number of ether oxygens (including phenoxy) is 1. The van der Waals surface area contributed by atoms with E-state index in [2.05, 4.69) is 38.5 Å². The number of nitrogens with zero attached hydrogens (tertiary/aromatic N) is 1. The Labute approximate surface area is 137 Å². The number of rotatable bonds is 3. The van der Waals surface area contributed by atoms with Gasteiger partial charge in [0.25, 0.3) is 0 Å². The van der Waals surface area contributed by atoms with E-state index in [9.17, 15) is 4.39 Å². The summed E-state index contributed by atoms with van der Waals surface area (Å²) in [5, 5.41) is 8.85. The van der Waals surface area contributed by atoms with E-state index >= 15 is 0 Å². The van der Waals surface area contributed by atoms with Gasteiger partial charge in [-0.3, -0.25) is 0 Å². The molecule has 0 aliphatic rings. The molecule has 0 fully saturated rings. The molecule has 2 aromatic carbocycles. The fourth-order valence-corrected chi connectivity index (χ4v) is 3.00. The molecule has 2 rings (SSSR count). The topological polar surface area (TPSA) is 59.0 Å². The molecule has 0 spiro atoms. The smallest absolute Gasteiger partial charge is 0.156 e. The Bertz CT molecular complexity index is 657. The summed E-state index contributed by atoms with van der Waals surface area (Å²) in [6.07, 6.45) is 0. The molecule has 2 N–H and O–H groups in total. The first-order valence-electron chi connectivity index (χ1n) is 5.56. The minimum absolute atomic E-state index is 0.197. The van der Waals surface area contributed by atoms with Crippen molar-refractivity contribution in [3.05, 3.63) is 55.3 Å². The van der Waals surface area contributed by atoms with Crippen LogP contribution in [0.4, 0.5) is 10.1 Å². The second-order valence-electron chi connectivity index (χ2n) is 4.05. The van der Waals surface area contributed by atoms with Crippen LogP contribution in [0.5, 0.6) is 5.75 Å². The van der Waals surface area contributed by atoms with Crippen molar-refractivity contribution >= 4 is 44.2 Å². The van der Waals surface area contributed by atoms with Crippen molar-refractivity contribution in [3.63, 3.8) is 0 Å². The fourth-order valence-electron chi connectivity index (χ4n) is 1.68. The molecule has 0 saturated carbocycles. The van der Waals surface area contributed by atoms with Crippen molar-refractivity contribution in [2.24, 2.45) is 0 Å². The summed E-state index contributed by atoms with van der Waals surface area (Å²) >= 11 is 5.28. The Kier molecular flexibility index (Phi) is 4.83. The second kappa shape index (κ2) is 6.41. The van der Waals surface area contributed by atoms with Crippen LogP contribution in [0.2, 0.25) is 0 Å². The molecule has 3 nitrogen and oxygen atoms in total. The maximum Gasteiger partial charge on any atom is 0.156 e. The van der Waals surface area contributed by atoms with Crippen LogP contribution in [0, 0.1) is 20.7 Å².